The third kappa shape index (κ3) is 5.30. The van der Waals surface area contributed by atoms with E-state index in [-0.39, 0.29) is 11.9 Å². The number of rotatable bonds is 7. The fourth-order valence-electron chi connectivity index (χ4n) is 3.69. The number of amides is 1. The number of likely N-dealkylation sites (tertiary alicyclic amines) is 1. The summed E-state index contributed by atoms with van der Waals surface area (Å²) in [7, 11) is 3.83. The van der Waals surface area contributed by atoms with Crippen LogP contribution in [0.2, 0.25) is 0 Å². The molecule has 5 nitrogen and oxygen atoms in total. The highest BCUT2D eigenvalue weighted by atomic mass is 16.5. The predicted octanol–water partition coefficient (Wildman–Crippen LogP) is 3.15. The molecule has 1 aromatic carbocycles. The van der Waals surface area contributed by atoms with E-state index in [0.29, 0.717) is 13.0 Å². The van der Waals surface area contributed by atoms with Crippen LogP contribution in [0, 0.1) is 0 Å². The summed E-state index contributed by atoms with van der Waals surface area (Å²) >= 11 is 0. The van der Waals surface area contributed by atoms with Gasteiger partial charge in [0.25, 0.3) is 0 Å². The van der Waals surface area contributed by atoms with E-state index in [1.807, 2.05) is 30.3 Å². The highest BCUT2D eigenvalue weighted by molar-refractivity contribution is 5.77. The molecule has 2 aromatic rings. The summed E-state index contributed by atoms with van der Waals surface area (Å²) < 4.78 is 5.51. The number of para-hydroxylation sites is 1. The van der Waals surface area contributed by atoms with Crippen molar-refractivity contribution in [3.8, 4) is 5.75 Å². The molecular weight excluding hydrogens is 338 g/mol. The molecule has 1 amide bonds. The molecule has 0 aliphatic carbocycles. The van der Waals surface area contributed by atoms with Crippen LogP contribution in [-0.2, 0) is 17.8 Å². The number of benzene rings is 1. The molecule has 1 saturated heterocycles. The lowest BCUT2D eigenvalue weighted by Crippen LogP contribution is -2.46. The van der Waals surface area contributed by atoms with Gasteiger partial charge in [0.15, 0.2) is 0 Å². The van der Waals surface area contributed by atoms with Crippen molar-refractivity contribution in [3.63, 3.8) is 0 Å². The number of nitrogens with zero attached hydrogens (tertiary/aromatic N) is 3. The molecule has 0 spiro atoms. The zero-order valence-electron chi connectivity index (χ0n) is 16.3. The first-order valence-corrected chi connectivity index (χ1v) is 9.66. The number of carbonyl (C=O) groups is 1. The topological polar surface area (TPSA) is 45.7 Å². The van der Waals surface area contributed by atoms with Crippen LogP contribution in [-0.4, -0.2) is 54.0 Å². The lowest BCUT2D eigenvalue weighted by atomic mass is 10.0. The van der Waals surface area contributed by atoms with Gasteiger partial charge in [0.2, 0.25) is 5.91 Å². The maximum absolute atomic E-state index is 13.2. The number of ether oxygens (including phenoxy) is 1. The Bertz CT molecular complexity index is 727. The third-order valence-corrected chi connectivity index (χ3v) is 5.36. The Kier molecular flexibility index (Phi) is 6.82. The van der Waals surface area contributed by atoms with E-state index in [2.05, 4.69) is 27.9 Å². The average molecular weight is 367 g/mol. The van der Waals surface area contributed by atoms with Crippen molar-refractivity contribution >= 4 is 5.91 Å². The van der Waals surface area contributed by atoms with Crippen molar-refractivity contribution in [2.24, 2.45) is 0 Å². The number of carbonyl (C=O) groups excluding carboxylic acids is 1. The molecule has 0 atom stereocenters. The fourth-order valence-corrected chi connectivity index (χ4v) is 3.69. The second-order valence-electron chi connectivity index (χ2n) is 7.22. The van der Waals surface area contributed by atoms with E-state index >= 15 is 0 Å². The summed E-state index contributed by atoms with van der Waals surface area (Å²) in [5.74, 6) is 1.06. The van der Waals surface area contributed by atoms with Gasteiger partial charge in [0.1, 0.15) is 5.75 Å². The Balaban J connectivity index is 1.73. The quantitative estimate of drug-likeness (QED) is 0.754. The molecule has 3 rings (SSSR count). The average Bonchev–Trinajstić information content (AvgIpc) is 2.72. The molecule has 0 N–H and O–H groups in total. The zero-order valence-corrected chi connectivity index (χ0v) is 16.3. The molecule has 144 valence electrons. The van der Waals surface area contributed by atoms with E-state index in [1.54, 1.807) is 19.5 Å². The molecule has 5 heteroatoms. The van der Waals surface area contributed by atoms with Crippen molar-refractivity contribution in [2.75, 3.05) is 27.2 Å². The summed E-state index contributed by atoms with van der Waals surface area (Å²) in [5.41, 5.74) is 2.22. The number of aryl methyl sites for hydroxylation is 1. The second-order valence-corrected chi connectivity index (χ2v) is 7.22. The van der Waals surface area contributed by atoms with Crippen LogP contribution in [0.1, 0.15) is 30.4 Å². The summed E-state index contributed by atoms with van der Waals surface area (Å²) in [6.07, 6.45) is 6.87. The van der Waals surface area contributed by atoms with Crippen molar-refractivity contribution in [1.29, 1.82) is 0 Å². The monoisotopic (exact) mass is 367 g/mol. The van der Waals surface area contributed by atoms with Gasteiger partial charge in [-0.3, -0.25) is 9.78 Å². The van der Waals surface area contributed by atoms with E-state index in [4.69, 9.17) is 4.74 Å². The van der Waals surface area contributed by atoms with Gasteiger partial charge in [-0.05, 0) is 63.2 Å². The maximum Gasteiger partial charge on any atom is 0.223 e. The number of piperidine rings is 1. The molecule has 0 saturated carbocycles. The lowest BCUT2D eigenvalue weighted by molar-refractivity contribution is -0.135. The fraction of sp³-hybridized carbons (Fsp3) is 0.455. The highest BCUT2D eigenvalue weighted by Crippen LogP contribution is 2.24. The number of hydrogen-bond donors (Lipinski definition) is 0. The van der Waals surface area contributed by atoms with Gasteiger partial charge < -0.3 is 14.5 Å². The van der Waals surface area contributed by atoms with Crippen LogP contribution in [0.5, 0.6) is 5.75 Å². The number of aromatic nitrogens is 1. The van der Waals surface area contributed by atoms with Gasteiger partial charge in [0, 0.05) is 37.0 Å². The normalized spacial score (nSPS) is 15.5. The Labute approximate surface area is 162 Å². The molecule has 0 radical (unpaired) electrons. The molecule has 1 fully saturated rings. The minimum Gasteiger partial charge on any atom is -0.496 e. The Morgan fingerprint density at radius 1 is 1.19 bits per heavy atom. The molecule has 2 heterocycles. The molecule has 0 bridgehead atoms. The summed E-state index contributed by atoms with van der Waals surface area (Å²) in [4.78, 5) is 21.6. The summed E-state index contributed by atoms with van der Waals surface area (Å²) in [6, 6.07) is 12.2. The molecule has 1 aliphatic rings. The molecule has 0 unspecified atom stereocenters. The molecule has 1 aliphatic heterocycles. The van der Waals surface area contributed by atoms with Crippen LogP contribution < -0.4 is 4.74 Å². The van der Waals surface area contributed by atoms with Crippen LogP contribution in [0.4, 0.5) is 0 Å². The molecular formula is C22H29N3O2. The van der Waals surface area contributed by atoms with Crippen LogP contribution >= 0.6 is 0 Å². The Morgan fingerprint density at radius 2 is 1.89 bits per heavy atom. The van der Waals surface area contributed by atoms with E-state index in [1.165, 1.54) is 0 Å². The molecule has 27 heavy (non-hydrogen) atoms. The van der Waals surface area contributed by atoms with Crippen LogP contribution in [0.3, 0.4) is 0 Å². The van der Waals surface area contributed by atoms with Crippen molar-refractivity contribution in [3.05, 3.63) is 59.9 Å². The lowest BCUT2D eigenvalue weighted by Gasteiger charge is -2.37. The van der Waals surface area contributed by atoms with Crippen molar-refractivity contribution in [2.45, 2.75) is 38.3 Å². The minimum atomic E-state index is 0.215. The minimum absolute atomic E-state index is 0.215. The van der Waals surface area contributed by atoms with Gasteiger partial charge in [-0.2, -0.15) is 0 Å². The first-order valence-electron chi connectivity index (χ1n) is 9.66. The first kappa shape index (κ1) is 19.4. The second kappa shape index (κ2) is 9.51. The standard InChI is InChI=1S/C22H29N3O2/c1-24-15-11-20(12-16-24)25(17-19-5-3-4-6-21(19)27-2)22(26)8-7-18-9-13-23-14-10-18/h3-6,9-10,13-14,20H,7-8,11-12,15-17H2,1-2H3. The summed E-state index contributed by atoms with van der Waals surface area (Å²) in [6.45, 7) is 2.67. The number of methoxy groups -OCH3 is 1. The predicted molar refractivity (Wildman–Crippen MR) is 107 cm³/mol. The Hall–Kier alpha value is -2.40. The molecule has 1 aromatic heterocycles. The number of pyridine rings is 1. The van der Waals surface area contributed by atoms with Crippen molar-refractivity contribution < 1.29 is 9.53 Å². The third-order valence-electron chi connectivity index (χ3n) is 5.36. The largest absolute Gasteiger partial charge is 0.496 e. The Morgan fingerprint density at radius 3 is 2.59 bits per heavy atom. The van der Waals surface area contributed by atoms with E-state index in [9.17, 15) is 4.79 Å². The van der Waals surface area contributed by atoms with E-state index < -0.39 is 0 Å². The number of hydrogen-bond acceptors (Lipinski definition) is 4. The van der Waals surface area contributed by atoms with Gasteiger partial charge in [-0.1, -0.05) is 18.2 Å². The zero-order chi connectivity index (χ0) is 19.1. The maximum atomic E-state index is 13.2. The SMILES string of the molecule is COc1ccccc1CN(C(=O)CCc1ccncc1)C1CCN(C)CC1. The smallest absolute Gasteiger partial charge is 0.223 e. The van der Waals surface area contributed by atoms with Gasteiger partial charge >= 0.3 is 0 Å². The van der Waals surface area contributed by atoms with E-state index in [0.717, 1.165) is 49.2 Å². The van der Waals surface area contributed by atoms with Crippen molar-refractivity contribution in [1.82, 2.24) is 14.8 Å². The van der Waals surface area contributed by atoms with Gasteiger partial charge in [-0.15, -0.1) is 0 Å². The first-order chi connectivity index (χ1) is 13.2. The van der Waals surface area contributed by atoms with Gasteiger partial charge in [0.05, 0.1) is 7.11 Å². The highest BCUT2D eigenvalue weighted by Gasteiger charge is 2.27. The van der Waals surface area contributed by atoms with Crippen LogP contribution in [0.25, 0.3) is 0 Å². The van der Waals surface area contributed by atoms with Crippen LogP contribution in [0.15, 0.2) is 48.8 Å². The summed E-state index contributed by atoms with van der Waals surface area (Å²) in [5, 5.41) is 0. The van der Waals surface area contributed by atoms with Gasteiger partial charge in [-0.25, -0.2) is 0 Å².